The minimum atomic E-state index is 0.391. The second-order valence-electron chi connectivity index (χ2n) is 8.15. The number of rotatable bonds is 2. The minimum absolute atomic E-state index is 0.391. The molecule has 0 saturated heterocycles. The van der Waals surface area contributed by atoms with Crippen molar-refractivity contribution in [2.75, 3.05) is 11.9 Å². The van der Waals surface area contributed by atoms with Gasteiger partial charge in [-0.25, -0.2) is 4.98 Å². The highest BCUT2D eigenvalue weighted by Crippen LogP contribution is 2.48. The van der Waals surface area contributed by atoms with Crippen LogP contribution in [0.2, 0.25) is 0 Å². The molecule has 2 nitrogen and oxygen atoms in total. The van der Waals surface area contributed by atoms with E-state index in [4.69, 9.17) is 4.98 Å². The molecule has 0 amide bonds. The molecule has 3 aliphatic rings. The molecular formula is C23H24Br2N2S2. The molecule has 29 heavy (non-hydrogen) atoms. The zero-order valence-electron chi connectivity index (χ0n) is 16.5. The summed E-state index contributed by atoms with van der Waals surface area (Å²) in [5.41, 5.74) is 5.26. The normalized spacial score (nSPS) is 28.9. The predicted molar refractivity (Wildman–Crippen MR) is 135 cm³/mol. The Morgan fingerprint density at radius 2 is 2.00 bits per heavy atom. The molecule has 0 radical (unpaired) electrons. The van der Waals surface area contributed by atoms with Crippen LogP contribution in [-0.4, -0.2) is 21.6 Å². The standard InChI is InChI=1S/C23H24Br2N2S2/c1-12-19-21(28-18(11-26-19)14-3-7-16(24)8-4-14)13(2)20-22(12)29-23(27-20)15-5-9-17(25)10-6-15/h3,5,7,9-10,14-16,18,26H,4,6,8,11H2,1-2H3/t14?,15-,16+,18?/m0/s1. The molecule has 1 N–H and O–H groups in total. The van der Waals surface area contributed by atoms with Gasteiger partial charge in [-0.05, 0) is 50.2 Å². The molecule has 4 atom stereocenters. The third-order valence-corrected chi connectivity index (χ3v) is 10.4. The van der Waals surface area contributed by atoms with Crippen LogP contribution in [0.25, 0.3) is 10.2 Å². The summed E-state index contributed by atoms with van der Waals surface area (Å²) in [5, 5.41) is 5.63. The van der Waals surface area contributed by atoms with E-state index >= 15 is 0 Å². The predicted octanol–water partition coefficient (Wildman–Crippen LogP) is 7.85. The van der Waals surface area contributed by atoms with Gasteiger partial charge in [0.15, 0.2) is 0 Å². The van der Waals surface area contributed by atoms with Gasteiger partial charge in [-0.1, -0.05) is 62.2 Å². The Labute approximate surface area is 197 Å². The van der Waals surface area contributed by atoms with Crippen molar-refractivity contribution in [3.63, 3.8) is 0 Å². The number of nitrogens with one attached hydrogen (secondary N) is 1. The van der Waals surface area contributed by atoms with Crippen LogP contribution in [0.1, 0.15) is 41.3 Å². The molecule has 152 valence electrons. The van der Waals surface area contributed by atoms with Crippen LogP contribution in [0, 0.1) is 19.8 Å². The number of fused-ring (bicyclic) bond motifs is 2. The third-order valence-electron chi connectivity index (χ3n) is 6.22. The number of thioether (sulfide) groups is 1. The zero-order valence-corrected chi connectivity index (χ0v) is 21.3. The van der Waals surface area contributed by atoms with Gasteiger partial charge < -0.3 is 5.32 Å². The van der Waals surface area contributed by atoms with E-state index in [2.05, 4.69) is 93.2 Å². The number of benzene rings is 1. The van der Waals surface area contributed by atoms with E-state index in [1.165, 1.54) is 54.3 Å². The van der Waals surface area contributed by atoms with Crippen molar-refractivity contribution in [1.82, 2.24) is 4.98 Å². The fourth-order valence-corrected chi connectivity index (χ4v) is 7.96. The van der Waals surface area contributed by atoms with Crippen LogP contribution >= 0.6 is 55.0 Å². The van der Waals surface area contributed by atoms with E-state index in [-0.39, 0.29) is 0 Å². The molecule has 2 unspecified atom stereocenters. The largest absolute Gasteiger partial charge is 0.383 e. The van der Waals surface area contributed by atoms with E-state index in [0.717, 1.165) is 13.0 Å². The smallest absolute Gasteiger partial charge is 0.101 e. The van der Waals surface area contributed by atoms with Gasteiger partial charge in [0.05, 0.1) is 15.9 Å². The van der Waals surface area contributed by atoms with Gasteiger partial charge in [-0.15, -0.1) is 23.1 Å². The summed E-state index contributed by atoms with van der Waals surface area (Å²) >= 11 is 11.2. The first-order valence-electron chi connectivity index (χ1n) is 10.2. The van der Waals surface area contributed by atoms with Crippen molar-refractivity contribution in [1.29, 1.82) is 0 Å². The van der Waals surface area contributed by atoms with Crippen LogP contribution in [-0.2, 0) is 0 Å². The Kier molecular flexibility index (Phi) is 5.74. The van der Waals surface area contributed by atoms with E-state index in [0.29, 0.717) is 21.9 Å². The maximum Gasteiger partial charge on any atom is 0.101 e. The number of aromatic nitrogens is 1. The lowest BCUT2D eigenvalue weighted by Gasteiger charge is -2.34. The van der Waals surface area contributed by atoms with Crippen molar-refractivity contribution in [2.24, 2.45) is 5.92 Å². The summed E-state index contributed by atoms with van der Waals surface area (Å²) in [4.78, 5) is 7.10. The Morgan fingerprint density at radius 1 is 1.14 bits per heavy atom. The number of thiazole rings is 1. The summed E-state index contributed by atoms with van der Waals surface area (Å²) in [7, 11) is 0. The molecule has 0 spiro atoms. The lowest BCUT2D eigenvalue weighted by atomic mass is 9.92. The molecule has 0 fully saturated rings. The van der Waals surface area contributed by atoms with E-state index in [1.807, 2.05) is 11.3 Å². The highest BCUT2D eigenvalue weighted by Gasteiger charge is 2.31. The van der Waals surface area contributed by atoms with Crippen LogP contribution in [0.15, 0.2) is 39.8 Å². The second-order valence-corrected chi connectivity index (χ2v) is 12.5. The monoisotopic (exact) mass is 550 g/mol. The molecule has 2 aromatic rings. The Morgan fingerprint density at radius 3 is 2.72 bits per heavy atom. The first-order valence-corrected chi connectivity index (χ1v) is 13.6. The highest BCUT2D eigenvalue weighted by molar-refractivity contribution is 9.11. The van der Waals surface area contributed by atoms with Gasteiger partial charge in [0.2, 0.25) is 0 Å². The third kappa shape index (κ3) is 3.79. The Hall–Kier alpha value is -0.560. The average molecular weight is 552 g/mol. The molecule has 6 heteroatoms. The van der Waals surface area contributed by atoms with Gasteiger partial charge in [-0.3, -0.25) is 0 Å². The fraction of sp³-hybridized carbons (Fsp3) is 0.435. The molecule has 2 aliphatic carbocycles. The number of aryl methyl sites for hydroxylation is 2. The fourth-order valence-electron chi connectivity index (χ4n) is 4.47. The number of nitrogens with zero attached hydrogens (tertiary/aromatic N) is 1. The number of hydrogen-bond donors (Lipinski definition) is 1. The summed E-state index contributed by atoms with van der Waals surface area (Å²) in [6, 6.07) is 0. The van der Waals surface area contributed by atoms with Crippen LogP contribution in [0.3, 0.4) is 0 Å². The van der Waals surface area contributed by atoms with E-state index < -0.39 is 0 Å². The molecule has 1 aromatic carbocycles. The summed E-state index contributed by atoms with van der Waals surface area (Å²) in [5.74, 6) is 1.04. The lowest BCUT2D eigenvalue weighted by Crippen LogP contribution is -2.30. The van der Waals surface area contributed by atoms with Crippen molar-refractivity contribution < 1.29 is 0 Å². The molecule has 0 saturated carbocycles. The van der Waals surface area contributed by atoms with Gasteiger partial charge in [-0.2, -0.15) is 0 Å². The maximum atomic E-state index is 5.14. The maximum absolute atomic E-state index is 5.14. The zero-order chi connectivity index (χ0) is 20.1. The number of hydrogen-bond acceptors (Lipinski definition) is 4. The molecule has 1 aromatic heterocycles. The SMILES string of the molecule is Cc1c2c(c(C)c3sc([C@H]4C=CC(Br)=CC4)nc13)NCC(C1C=C[C@@H](Br)CC1)S2. The van der Waals surface area contributed by atoms with Crippen LogP contribution in [0.5, 0.6) is 0 Å². The van der Waals surface area contributed by atoms with Crippen LogP contribution < -0.4 is 5.32 Å². The van der Waals surface area contributed by atoms with Crippen molar-refractivity contribution >= 4 is 70.9 Å². The number of halogens is 2. The molecular weight excluding hydrogens is 528 g/mol. The lowest BCUT2D eigenvalue weighted by molar-refractivity contribution is 0.533. The summed E-state index contributed by atoms with van der Waals surface area (Å²) < 4.78 is 2.52. The van der Waals surface area contributed by atoms with Crippen molar-refractivity contribution in [3.05, 3.63) is 51.0 Å². The topological polar surface area (TPSA) is 24.9 Å². The number of alkyl halides is 1. The first kappa shape index (κ1) is 20.3. The molecule has 1 aliphatic heterocycles. The Balaban J connectivity index is 1.50. The van der Waals surface area contributed by atoms with Gasteiger partial charge >= 0.3 is 0 Å². The van der Waals surface area contributed by atoms with Crippen LogP contribution in [0.4, 0.5) is 5.69 Å². The van der Waals surface area contributed by atoms with Gasteiger partial charge in [0, 0.05) is 31.9 Å². The van der Waals surface area contributed by atoms with E-state index in [9.17, 15) is 0 Å². The second kappa shape index (κ2) is 8.18. The molecule has 5 rings (SSSR count). The van der Waals surface area contributed by atoms with Crippen molar-refractivity contribution in [3.8, 4) is 0 Å². The van der Waals surface area contributed by atoms with Gasteiger partial charge in [0.25, 0.3) is 0 Å². The highest BCUT2D eigenvalue weighted by atomic mass is 79.9. The minimum Gasteiger partial charge on any atom is -0.383 e. The average Bonchev–Trinajstić information content (AvgIpc) is 3.19. The summed E-state index contributed by atoms with van der Waals surface area (Å²) in [6.07, 6.45) is 15.0. The Bertz CT molecular complexity index is 1050. The van der Waals surface area contributed by atoms with E-state index in [1.54, 1.807) is 0 Å². The molecule has 2 heterocycles. The van der Waals surface area contributed by atoms with Crippen molar-refractivity contribution in [2.45, 2.75) is 54.0 Å². The molecule has 0 bridgehead atoms. The van der Waals surface area contributed by atoms with Gasteiger partial charge in [0.1, 0.15) is 5.01 Å². The number of allylic oxidation sites excluding steroid dienone is 6. The summed E-state index contributed by atoms with van der Waals surface area (Å²) in [6.45, 7) is 5.57. The first-order chi connectivity index (χ1) is 14.0. The number of anilines is 1. The quantitative estimate of drug-likeness (QED) is 0.304.